The molecule has 0 aromatic carbocycles. The van der Waals surface area contributed by atoms with Crippen LogP contribution in [0.2, 0.25) is 0 Å². The van der Waals surface area contributed by atoms with Gasteiger partial charge in [-0.2, -0.15) is 0 Å². The van der Waals surface area contributed by atoms with Crippen LogP contribution in [-0.4, -0.2) is 34.9 Å². The third kappa shape index (κ3) is 43.3. The molecule has 2 unspecified atom stereocenters. The van der Waals surface area contributed by atoms with Crippen LogP contribution >= 0.6 is 0 Å². The van der Waals surface area contributed by atoms with E-state index in [4.69, 9.17) is 0 Å². The summed E-state index contributed by atoms with van der Waals surface area (Å²) in [6.45, 7) is 4.26. The highest BCUT2D eigenvalue weighted by Crippen LogP contribution is 2.16. The lowest BCUT2D eigenvalue weighted by Crippen LogP contribution is -2.45. The summed E-state index contributed by atoms with van der Waals surface area (Å²) < 4.78 is 0. The van der Waals surface area contributed by atoms with Crippen molar-refractivity contribution in [1.82, 2.24) is 5.32 Å². The second-order valence-corrected chi connectivity index (χ2v) is 16.5. The fourth-order valence-corrected chi connectivity index (χ4v) is 7.41. The Labute approximate surface area is 344 Å². The summed E-state index contributed by atoms with van der Waals surface area (Å²) in [7, 11) is 0. The first-order valence-corrected chi connectivity index (χ1v) is 24.3. The molecule has 4 nitrogen and oxygen atoms in total. The second-order valence-electron chi connectivity index (χ2n) is 16.5. The molecule has 322 valence electrons. The highest BCUT2D eigenvalue weighted by molar-refractivity contribution is 5.76. The van der Waals surface area contributed by atoms with Gasteiger partial charge in [0.1, 0.15) is 0 Å². The molecule has 0 saturated heterocycles. The van der Waals surface area contributed by atoms with Gasteiger partial charge in [-0.05, 0) is 51.4 Å². The molecule has 0 aromatic heterocycles. The van der Waals surface area contributed by atoms with Gasteiger partial charge in [0, 0.05) is 6.42 Å². The molecule has 0 saturated carbocycles. The number of unbranched alkanes of at least 4 members (excludes halogenated alkanes) is 29. The van der Waals surface area contributed by atoms with Crippen LogP contribution < -0.4 is 5.32 Å². The number of hydrogen-bond acceptors (Lipinski definition) is 3. The van der Waals surface area contributed by atoms with Gasteiger partial charge in [0.25, 0.3) is 0 Å². The number of allylic oxidation sites excluding steroid dienone is 8. The molecule has 55 heavy (non-hydrogen) atoms. The molecule has 2 atom stereocenters. The normalized spacial score (nSPS) is 13.3. The predicted octanol–water partition coefficient (Wildman–Crippen LogP) is 15.5. The molecule has 0 bridgehead atoms. The van der Waals surface area contributed by atoms with E-state index in [1.54, 1.807) is 0 Å². The Hall–Kier alpha value is -1.65. The van der Waals surface area contributed by atoms with Crippen LogP contribution in [0.5, 0.6) is 0 Å². The standard InChI is InChI=1S/C51H95NO3/c1-3-5-7-9-11-13-15-17-19-21-22-23-24-25-26-27-28-29-30-31-33-35-37-39-41-43-45-47-51(55)52-49(48-53)50(54)46-44-42-40-38-36-34-32-20-18-16-14-12-10-8-6-4-2/h5,7,11,13,17,19,22-23,49-50,53-54H,3-4,6,8-10,12,14-16,18,20-21,24-48H2,1-2H3,(H,52,55)/b7-5-,13-11-,19-17-,23-22-. The van der Waals surface area contributed by atoms with E-state index in [1.807, 2.05) is 0 Å². The van der Waals surface area contributed by atoms with Gasteiger partial charge in [-0.15, -0.1) is 0 Å². The van der Waals surface area contributed by atoms with Gasteiger partial charge in [-0.25, -0.2) is 0 Å². The molecule has 0 aliphatic carbocycles. The Kier molecular flexibility index (Phi) is 45.3. The van der Waals surface area contributed by atoms with Gasteiger partial charge < -0.3 is 15.5 Å². The molecule has 1 amide bonds. The summed E-state index contributed by atoms with van der Waals surface area (Å²) in [5, 5.41) is 23.2. The summed E-state index contributed by atoms with van der Waals surface area (Å²) in [4.78, 5) is 12.4. The fraction of sp³-hybridized carbons (Fsp3) is 0.824. The van der Waals surface area contributed by atoms with Crippen molar-refractivity contribution in [3.05, 3.63) is 48.6 Å². The summed E-state index contributed by atoms with van der Waals surface area (Å²) in [5.74, 6) is -0.0315. The minimum atomic E-state index is -0.660. The Morgan fingerprint density at radius 2 is 0.800 bits per heavy atom. The zero-order valence-electron chi connectivity index (χ0n) is 36.9. The topological polar surface area (TPSA) is 69.6 Å². The monoisotopic (exact) mass is 770 g/mol. The maximum Gasteiger partial charge on any atom is 0.220 e. The van der Waals surface area contributed by atoms with Gasteiger partial charge in [0.2, 0.25) is 5.91 Å². The van der Waals surface area contributed by atoms with E-state index in [0.717, 1.165) is 51.4 Å². The van der Waals surface area contributed by atoms with Crippen molar-refractivity contribution in [2.45, 2.75) is 264 Å². The van der Waals surface area contributed by atoms with Crippen LogP contribution in [0.15, 0.2) is 48.6 Å². The lowest BCUT2D eigenvalue weighted by molar-refractivity contribution is -0.123. The summed E-state index contributed by atoms with van der Waals surface area (Å²) >= 11 is 0. The Morgan fingerprint density at radius 1 is 0.455 bits per heavy atom. The zero-order valence-corrected chi connectivity index (χ0v) is 36.9. The molecule has 0 rings (SSSR count). The summed E-state index contributed by atoms with van der Waals surface area (Å²) in [5.41, 5.74) is 0. The molecule has 0 heterocycles. The lowest BCUT2D eigenvalue weighted by Gasteiger charge is -2.22. The van der Waals surface area contributed by atoms with Crippen molar-refractivity contribution in [2.24, 2.45) is 0 Å². The van der Waals surface area contributed by atoms with Gasteiger partial charge in [0.15, 0.2) is 0 Å². The van der Waals surface area contributed by atoms with Crippen molar-refractivity contribution in [1.29, 1.82) is 0 Å². The first kappa shape index (κ1) is 53.4. The van der Waals surface area contributed by atoms with Crippen molar-refractivity contribution in [3.63, 3.8) is 0 Å². The molecule has 4 heteroatoms. The number of carbonyl (C=O) groups is 1. The van der Waals surface area contributed by atoms with Crippen molar-refractivity contribution < 1.29 is 15.0 Å². The Balaban J connectivity index is 3.48. The third-order valence-electron chi connectivity index (χ3n) is 11.1. The first-order valence-electron chi connectivity index (χ1n) is 24.3. The summed E-state index contributed by atoms with van der Waals surface area (Å²) in [6, 6.07) is -0.537. The molecular weight excluding hydrogens is 675 g/mol. The van der Waals surface area contributed by atoms with Crippen LogP contribution in [0.1, 0.15) is 251 Å². The third-order valence-corrected chi connectivity index (χ3v) is 11.1. The van der Waals surface area contributed by atoms with Crippen LogP contribution in [-0.2, 0) is 4.79 Å². The van der Waals surface area contributed by atoms with Crippen LogP contribution in [0.3, 0.4) is 0 Å². The quantitative estimate of drug-likeness (QED) is 0.0427. The minimum absolute atomic E-state index is 0.0315. The summed E-state index contributed by atoms with van der Waals surface area (Å²) in [6.07, 6.45) is 63.5. The number of hydrogen-bond donors (Lipinski definition) is 3. The van der Waals surface area contributed by atoms with E-state index >= 15 is 0 Å². The molecule has 3 N–H and O–H groups in total. The zero-order chi connectivity index (χ0) is 40.0. The SMILES string of the molecule is CC/C=C\C/C=C\C/C=C\C/C=C\CCCCCCCCCCCCCCCCC(=O)NC(CO)C(O)CCCCCCCCCCCCCCCCCC. The number of nitrogens with one attached hydrogen (secondary N) is 1. The highest BCUT2D eigenvalue weighted by atomic mass is 16.3. The number of aliphatic hydroxyl groups is 2. The smallest absolute Gasteiger partial charge is 0.220 e. The Bertz CT molecular complexity index is 877. The van der Waals surface area contributed by atoms with E-state index < -0.39 is 12.1 Å². The van der Waals surface area contributed by atoms with Gasteiger partial charge in [0.05, 0.1) is 18.8 Å². The molecule has 0 aliphatic rings. The van der Waals surface area contributed by atoms with Gasteiger partial charge in [-0.3, -0.25) is 4.79 Å². The van der Waals surface area contributed by atoms with Crippen molar-refractivity contribution in [3.8, 4) is 0 Å². The van der Waals surface area contributed by atoms with Crippen molar-refractivity contribution >= 4 is 5.91 Å². The molecule has 0 spiro atoms. The molecule has 0 fully saturated rings. The largest absolute Gasteiger partial charge is 0.394 e. The second kappa shape index (κ2) is 46.7. The number of carbonyl (C=O) groups excluding carboxylic acids is 1. The van der Waals surface area contributed by atoms with E-state index in [1.165, 1.54) is 173 Å². The average molecular weight is 770 g/mol. The maximum atomic E-state index is 12.4. The average Bonchev–Trinajstić information content (AvgIpc) is 3.19. The number of amides is 1. The molecule has 0 aliphatic heterocycles. The Morgan fingerprint density at radius 3 is 1.20 bits per heavy atom. The van der Waals surface area contributed by atoms with Crippen molar-refractivity contribution in [2.75, 3.05) is 6.61 Å². The predicted molar refractivity (Wildman–Crippen MR) is 244 cm³/mol. The highest BCUT2D eigenvalue weighted by Gasteiger charge is 2.20. The lowest BCUT2D eigenvalue weighted by atomic mass is 10.0. The van der Waals surface area contributed by atoms with Gasteiger partial charge in [-0.1, -0.05) is 242 Å². The number of aliphatic hydroxyl groups excluding tert-OH is 2. The van der Waals surface area contributed by atoms with E-state index in [9.17, 15) is 15.0 Å². The minimum Gasteiger partial charge on any atom is -0.394 e. The van der Waals surface area contributed by atoms with Gasteiger partial charge >= 0.3 is 0 Å². The first-order chi connectivity index (χ1) is 27.2. The fourth-order valence-electron chi connectivity index (χ4n) is 7.41. The van der Waals surface area contributed by atoms with E-state index in [-0.39, 0.29) is 12.5 Å². The number of rotatable bonds is 44. The molecular formula is C51H95NO3. The van der Waals surface area contributed by atoms with E-state index in [0.29, 0.717) is 12.8 Å². The van der Waals surface area contributed by atoms with Crippen LogP contribution in [0.4, 0.5) is 0 Å². The van der Waals surface area contributed by atoms with Crippen LogP contribution in [0.25, 0.3) is 0 Å². The molecule has 0 aromatic rings. The molecule has 0 radical (unpaired) electrons. The maximum absolute atomic E-state index is 12.4. The van der Waals surface area contributed by atoms with E-state index in [2.05, 4.69) is 67.8 Å². The van der Waals surface area contributed by atoms with Crippen LogP contribution in [0, 0.1) is 0 Å².